The Balaban J connectivity index is 2.33. The number of anilines is 1. The number of hydrogen-bond donors (Lipinski definition) is 1. The van der Waals surface area contributed by atoms with E-state index in [0.717, 1.165) is 13.1 Å². The number of rotatable bonds is 4. The zero-order chi connectivity index (χ0) is 8.97. The molecule has 0 unspecified atom stereocenters. The SMILES string of the molecule is CON(C)CCn1ccc(N)n1. The van der Waals surface area contributed by atoms with Crippen molar-refractivity contribution in [1.82, 2.24) is 14.8 Å². The highest BCUT2D eigenvalue weighted by Crippen LogP contribution is 1.95. The number of nitrogens with zero attached hydrogens (tertiary/aromatic N) is 3. The summed E-state index contributed by atoms with van der Waals surface area (Å²) in [5.74, 6) is 0.551. The van der Waals surface area contributed by atoms with Gasteiger partial charge in [-0.3, -0.25) is 4.68 Å². The van der Waals surface area contributed by atoms with Crippen LogP contribution in [0.5, 0.6) is 0 Å². The van der Waals surface area contributed by atoms with Crippen LogP contribution in [0.4, 0.5) is 5.82 Å². The molecule has 0 saturated heterocycles. The van der Waals surface area contributed by atoms with Crippen LogP contribution < -0.4 is 5.73 Å². The molecule has 0 fully saturated rings. The lowest BCUT2D eigenvalue weighted by Gasteiger charge is -2.12. The third-order valence-corrected chi connectivity index (χ3v) is 1.62. The number of aromatic nitrogens is 2. The zero-order valence-corrected chi connectivity index (χ0v) is 7.40. The van der Waals surface area contributed by atoms with Gasteiger partial charge in [-0.1, -0.05) is 0 Å². The summed E-state index contributed by atoms with van der Waals surface area (Å²) in [6, 6.07) is 1.77. The molecule has 1 aromatic heterocycles. The van der Waals surface area contributed by atoms with E-state index in [-0.39, 0.29) is 0 Å². The first-order valence-corrected chi connectivity index (χ1v) is 3.76. The molecule has 0 bridgehead atoms. The lowest BCUT2D eigenvalue weighted by atomic mass is 10.6. The molecule has 1 aromatic rings. The molecule has 68 valence electrons. The van der Waals surface area contributed by atoms with E-state index in [0.29, 0.717) is 5.82 Å². The van der Waals surface area contributed by atoms with Crippen molar-refractivity contribution < 1.29 is 4.84 Å². The standard InChI is InChI=1S/C7H14N4O/c1-10(12-2)5-6-11-4-3-7(8)9-11/h3-4H,5-6H2,1-2H3,(H2,8,9). The fourth-order valence-corrected chi connectivity index (χ4v) is 0.836. The molecule has 0 aliphatic rings. The minimum atomic E-state index is 0.551. The Morgan fingerprint density at radius 2 is 2.50 bits per heavy atom. The van der Waals surface area contributed by atoms with Crippen LogP contribution in [0.3, 0.4) is 0 Å². The van der Waals surface area contributed by atoms with Gasteiger partial charge in [0.1, 0.15) is 5.82 Å². The van der Waals surface area contributed by atoms with Gasteiger partial charge < -0.3 is 10.6 Å². The van der Waals surface area contributed by atoms with Crippen molar-refractivity contribution in [1.29, 1.82) is 0 Å². The van der Waals surface area contributed by atoms with Crippen molar-refractivity contribution in [3.05, 3.63) is 12.3 Å². The van der Waals surface area contributed by atoms with Crippen LogP contribution in [0.15, 0.2) is 12.3 Å². The first-order chi connectivity index (χ1) is 5.72. The summed E-state index contributed by atoms with van der Waals surface area (Å²) in [6.07, 6.45) is 1.85. The molecule has 0 amide bonds. The van der Waals surface area contributed by atoms with Gasteiger partial charge in [-0.25, -0.2) is 0 Å². The Labute approximate surface area is 71.7 Å². The van der Waals surface area contributed by atoms with Crippen LogP contribution in [0.2, 0.25) is 0 Å². The van der Waals surface area contributed by atoms with Crippen LogP contribution in [-0.2, 0) is 11.4 Å². The average Bonchev–Trinajstić information content (AvgIpc) is 2.47. The molecule has 0 radical (unpaired) electrons. The predicted molar refractivity (Wildman–Crippen MR) is 46.3 cm³/mol. The fraction of sp³-hybridized carbons (Fsp3) is 0.571. The van der Waals surface area contributed by atoms with Crippen LogP contribution in [-0.4, -0.2) is 35.5 Å². The van der Waals surface area contributed by atoms with Crippen molar-refractivity contribution in [2.24, 2.45) is 0 Å². The van der Waals surface area contributed by atoms with Crippen molar-refractivity contribution in [3.8, 4) is 0 Å². The van der Waals surface area contributed by atoms with Gasteiger partial charge in [-0.2, -0.15) is 10.2 Å². The predicted octanol–water partition coefficient (Wildman–Crippen LogP) is -0.0415. The third-order valence-electron chi connectivity index (χ3n) is 1.62. The lowest BCUT2D eigenvalue weighted by molar-refractivity contribution is -0.111. The lowest BCUT2D eigenvalue weighted by Crippen LogP contribution is -2.22. The van der Waals surface area contributed by atoms with Gasteiger partial charge in [0, 0.05) is 19.8 Å². The second kappa shape index (κ2) is 4.08. The van der Waals surface area contributed by atoms with Crippen molar-refractivity contribution in [3.63, 3.8) is 0 Å². The summed E-state index contributed by atoms with van der Waals surface area (Å²) >= 11 is 0. The molecular formula is C7H14N4O. The van der Waals surface area contributed by atoms with Crippen LogP contribution in [0.1, 0.15) is 0 Å². The van der Waals surface area contributed by atoms with Crippen LogP contribution in [0, 0.1) is 0 Å². The molecule has 5 nitrogen and oxygen atoms in total. The van der Waals surface area contributed by atoms with E-state index >= 15 is 0 Å². The van der Waals surface area contributed by atoms with Gasteiger partial charge in [0.05, 0.1) is 13.7 Å². The van der Waals surface area contributed by atoms with Gasteiger partial charge in [-0.15, -0.1) is 0 Å². The summed E-state index contributed by atoms with van der Waals surface area (Å²) in [7, 11) is 3.50. The summed E-state index contributed by atoms with van der Waals surface area (Å²) in [5.41, 5.74) is 5.44. The largest absolute Gasteiger partial charge is 0.382 e. The normalized spacial score (nSPS) is 10.9. The number of nitrogens with two attached hydrogens (primary N) is 1. The zero-order valence-electron chi connectivity index (χ0n) is 7.40. The van der Waals surface area contributed by atoms with Crippen molar-refractivity contribution >= 4 is 5.82 Å². The first-order valence-electron chi connectivity index (χ1n) is 3.76. The Kier molecular flexibility index (Phi) is 3.07. The maximum atomic E-state index is 5.44. The number of hydrogen-bond acceptors (Lipinski definition) is 4. The summed E-state index contributed by atoms with van der Waals surface area (Å²) < 4.78 is 1.78. The fourth-order valence-electron chi connectivity index (χ4n) is 0.836. The summed E-state index contributed by atoms with van der Waals surface area (Å²) in [4.78, 5) is 4.94. The second-order valence-electron chi connectivity index (χ2n) is 2.54. The third kappa shape index (κ3) is 2.52. The number of hydroxylamine groups is 2. The van der Waals surface area contributed by atoms with Gasteiger partial charge in [0.25, 0.3) is 0 Å². The smallest absolute Gasteiger partial charge is 0.145 e. The Morgan fingerprint density at radius 1 is 1.75 bits per heavy atom. The van der Waals surface area contributed by atoms with E-state index in [2.05, 4.69) is 5.10 Å². The van der Waals surface area contributed by atoms with E-state index in [1.54, 1.807) is 22.9 Å². The number of likely N-dealkylation sites (N-methyl/N-ethyl adjacent to an activating group) is 1. The first kappa shape index (κ1) is 9.02. The summed E-state index contributed by atoms with van der Waals surface area (Å²) in [6.45, 7) is 1.57. The van der Waals surface area contributed by atoms with E-state index < -0.39 is 0 Å². The highest BCUT2D eigenvalue weighted by molar-refractivity contribution is 5.23. The van der Waals surface area contributed by atoms with E-state index in [9.17, 15) is 0 Å². The molecule has 2 N–H and O–H groups in total. The monoisotopic (exact) mass is 170 g/mol. The highest BCUT2D eigenvalue weighted by Gasteiger charge is 1.97. The number of nitrogen functional groups attached to an aromatic ring is 1. The minimum absolute atomic E-state index is 0.551. The van der Waals surface area contributed by atoms with E-state index in [1.165, 1.54) is 0 Å². The van der Waals surface area contributed by atoms with Crippen molar-refractivity contribution in [2.45, 2.75) is 6.54 Å². The quantitative estimate of drug-likeness (QED) is 0.644. The van der Waals surface area contributed by atoms with Gasteiger partial charge >= 0.3 is 0 Å². The molecular weight excluding hydrogens is 156 g/mol. The molecule has 1 heterocycles. The van der Waals surface area contributed by atoms with Gasteiger partial charge in [-0.05, 0) is 6.07 Å². The molecule has 0 aromatic carbocycles. The highest BCUT2D eigenvalue weighted by atomic mass is 16.7. The molecule has 5 heteroatoms. The molecule has 1 rings (SSSR count). The Morgan fingerprint density at radius 3 is 3.00 bits per heavy atom. The van der Waals surface area contributed by atoms with Crippen LogP contribution >= 0.6 is 0 Å². The molecule has 0 atom stereocenters. The minimum Gasteiger partial charge on any atom is -0.382 e. The summed E-state index contributed by atoms with van der Waals surface area (Å²) in [5, 5.41) is 5.76. The van der Waals surface area contributed by atoms with Gasteiger partial charge in [0.2, 0.25) is 0 Å². The molecule has 0 spiro atoms. The maximum Gasteiger partial charge on any atom is 0.145 e. The second-order valence-corrected chi connectivity index (χ2v) is 2.54. The topological polar surface area (TPSA) is 56.3 Å². The average molecular weight is 170 g/mol. The maximum absolute atomic E-state index is 5.44. The van der Waals surface area contributed by atoms with E-state index in [1.807, 2.05) is 13.2 Å². The molecule has 0 aliphatic heterocycles. The molecule has 0 aliphatic carbocycles. The van der Waals surface area contributed by atoms with E-state index in [4.69, 9.17) is 10.6 Å². The van der Waals surface area contributed by atoms with Crippen molar-refractivity contribution in [2.75, 3.05) is 26.4 Å². The molecule has 0 saturated carbocycles. The Bertz CT molecular complexity index is 235. The molecule has 12 heavy (non-hydrogen) atoms. The Hall–Kier alpha value is -1.07. The van der Waals surface area contributed by atoms with Crippen LogP contribution in [0.25, 0.3) is 0 Å². The van der Waals surface area contributed by atoms with Gasteiger partial charge in [0.15, 0.2) is 0 Å².